The zero-order valence-electron chi connectivity index (χ0n) is 18.4. The first-order valence-electron chi connectivity index (χ1n) is 10.3. The van der Waals surface area contributed by atoms with Gasteiger partial charge >= 0.3 is 0 Å². The lowest BCUT2D eigenvalue weighted by atomic mass is 9.86. The molecule has 1 aromatic carbocycles. The topological polar surface area (TPSA) is 77.0 Å². The Morgan fingerprint density at radius 1 is 1.03 bits per heavy atom. The fourth-order valence-corrected chi connectivity index (χ4v) is 3.36. The van der Waals surface area contributed by atoms with Gasteiger partial charge in [-0.3, -0.25) is 9.59 Å². The Labute approximate surface area is 174 Å². The predicted molar refractivity (Wildman–Crippen MR) is 117 cm³/mol. The van der Waals surface area contributed by atoms with Crippen LogP contribution in [-0.2, 0) is 11.3 Å². The summed E-state index contributed by atoms with van der Waals surface area (Å²) in [7, 11) is 6.97. The van der Waals surface area contributed by atoms with Crippen molar-refractivity contribution in [3.05, 3.63) is 35.4 Å². The van der Waals surface area contributed by atoms with Crippen LogP contribution in [0.4, 0.5) is 0 Å². The number of rotatable bonds is 6. The highest BCUT2D eigenvalue weighted by atomic mass is 16.2. The number of nitrogens with zero attached hydrogens (tertiary/aromatic N) is 3. The first kappa shape index (κ1) is 22.7. The van der Waals surface area contributed by atoms with Gasteiger partial charge in [-0.25, -0.2) is 4.99 Å². The van der Waals surface area contributed by atoms with Crippen molar-refractivity contribution >= 4 is 17.8 Å². The smallest absolute Gasteiger partial charge is 0.253 e. The number of hydrogen-bond donors (Lipinski definition) is 2. The van der Waals surface area contributed by atoms with Crippen LogP contribution in [0.2, 0.25) is 0 Å². The Balaban J connectivity index is 2.06. The van der Waals surface area contributed by atoms with Gasteiger partial charge in [0.2, 0.25) is 5.91 Å². The van der Waals surface area contributed by atoms with E-state index in [2.05, 4.69) is 17.6 Å². The second-order valence-electron chi connectivity index (χ2n) is 8.22. The van der Waals surface area contributed by atoms with Crippen molar-refractivity contribution in [1.82, 2.24) is 20.4 Å². The standard InChI is InChI=1S/C22H35N5O2/c1-16-8-6-7-9-19(16)25-22(24-15-20(28)26(2)3)23-14-17-10-12-18(13-11-17)21(29)27(4)5/h10-13,16,19H,6-9,14-15H2,1-5H3,(H2,23,24,25). The molecular weight excluding hydrogens is 366 g/mol. The van der Waals surface area contributed by atoms with E-state index in [1.807, 2.05) is 24.3 Å². The summed E-state index contributed by atoms with van der Waals surface area (Å²) in [5.41, 5.74) is 1.67. The second kappa shape index (κ2) is 10.8. The lowest BCUT2D eigenvalue weighted by molar-refractivity contribution is -0.127. The Hall–Kier alpha value is -2.57. The highest BCUT2D eigenvalue weighted by molar-refractivity contribution is 5.93. The quantitative estimate of drug-likeness (QED) is 0.565. The van der Waals surface area contributed by atoms with Crippen LogP contribution in [0.3, 0.4) is 0 Å². The minimum Gasteiger partial charge on any atom is -0.353 e. The average Bonchev–Trinajstić information content (AvgIpc) is 2.70. The van der Waals surface area contributed by atoms with Crippen molar-refractivity contribution in [2.24, 2.45) is 10.9 Å². The van der Waals surface area contributed by atoms with Crippen LogP contribution in [0.1, 0.15) is 48.5 Å². The molecule has 0 aliphatic heterocycles. The molecule has 0 heterocycles. The zero-order chi connectivity index (χ0) is 21.4. The molecule has 1 aromatic rings. The number of likely N-dealkylation sites (N-methyl/N-ethyl adjacent to an activating group) is 1. The number of guanidine groups is 1. The summed E-state index contributed by atoms with van der Waals surface area (Å²) in [6.45, 7) is 2.94. The van der Waals surface area contributed by atoms with Crippen LogP contribution in [-0.4, -0.2) is 68.4 Å². The number of aliphatic imine (C=N–C) groups is 1. The molecule has 160 valence electrons. The van der Waals surface area contributed by atoms with Crippen LogP contribution in [0, 0.1) is 5.92 Å². The third-order valence-electron chi connectivity index (χ3n) is 5.37. The molecule has 7 heteroatoms. The van der Waals surface area contributed by atoms with Crippen LogP contribution in [0.15, 0.2) is 29.3 Å². The molecule has 0 radical (unpaired) electrons. The number of carbonyl (C=O) groups excluding carboxylic acids is 2. The normalized spacial score (nSPS) is 19.4. The van der Waals surface area contributed by atoms with Crippen molar-refractivity contribution in [2.45, 2.75) is 45.2 Å². The van der Waals surface area contributed by atoms with Gasteiger partial charge in [-0.15, -0.1) is 0 Å². The van der Waals surface area contributed by atoms with Gasteiger partial charge in [-0.05, 0) is 36.5 Å². The molecule has 2 amide bonds. The van der Waals surface area contributed by atoms with Gasteiger partial charge in [0, 0.05) is 39.8 Å². The van der Waals surface area contributed by atoms with E-state index in [1.54, 1.807) is 38.0 Å². The Bertz CT molecular complexity index is 712. The summed E-state index contributed by atoms with van der Waals surface area (Å²) in [6, 6.07) is 7.86. The van der Waals surface area contributed by atoms with E-state index in [0.717, 1.165) is 12.0 Å². The molecule has 2 rings (SSSR count). The Morgan fingerprint density at radius 2 is 1.69 bits per heavy atom. The number of benzene rings is 1. The minimum atomic E-state index is -0.0162. The van der Waals surface area contributed by atoms with E-state index < -0.39 is 0 Å². The van der Waals surface area contributed by atoms with Gasteiger partial charge in [0.05, 0.1) is 13.1 Å². The van der Waals surface area contributed by atoms with Crippen molar-refractivity contribution in [1.29, 1.82) is 0 Å². The molecule has 2 atom stereocenters. The van der Waals surface area contributed by atoms with Gasteiger partial charge < -0.3 is 20.4 Å². The highest BCUT2D eigenvalue weighted by Gasteiger charge is 2.22. The van der Waals surface area contributed by atoms with E-state index in [4.69, 9.17) is 4.99 Å². The van der Waals surface area contributed by atoms with Crippen LogP contribution < -0.4 is 10.6 Å². The number of amides is 2. The van der Waals surface area contributed by atoms with E-state index in [0.29, 0.717) is 30.0 Å². The first-order chi connectivity index (χ1) is 13.8. The van der Waals surface area contributed by atoms with E-state index in [9.17, 15) is 9.59 Å². The zero-order valence-corrected chi connectivity index (χ0v) is 18.4. The van der Waals surface area contributed by atoms with Crippen LogP contribution >= 0.6 is 0 Å². The predicted octanol–water partition coefficient (Wildman–Crippen LogP) is 2.09. The molecule has 2 N–H and O–H groups in total. The molecule has 2 unspecified atom stereocenters. The minimum absolute atomic E-state index is 0.00254. The summed E-state index contributed by atoms with van der Waals surface area (Å²) in [6.07, 6.45) is 4.82. The van der Waals surface area contributed by atoms with Gasteiger partial charge in [-0.1, -0.05) is 31.9 Å². The summed E-state index contributed by atoms with van der Waals surface area (Å²) in [4.78, 5) is 31.8. The molecule has 1 fully saturated rings. The molecule has 1 saturated carbocycles. The lowest BCUT2D eigenvalue weighted by Crippen LogP contribution is -2.49. The summed E-state index contributed by atoms with van der Waals surface area (Å²) in [5.74, 6) is 1.23. The molecule has 0 bridgehead atoms. The van der Waals surface area contributed by atoms with Crippen LogP contribution in [0.5, 0.6) is 0 Å². The molecule has 0 spiro atoms. The Kier molecular flexibility index (Phi) is 8.49. The van der Waals surface area contributed by atoms with Crippen molar-refractivity contribution in [3.8, 4) is 0 Å². The average molecular weight is 402 g/mol. The first-order valence-corrected chi connectivity index (χ1v) is 10.3. The highest BCUT2D eigenvalue weighted by Crippen LogP contribution is 2.23. The summed E-state index contributed by atoms with van der Waals surface area (Å²) < 4.78 is 0. The molecule has 1 aliphatic rings. The van der Waals surface area contributed by atoms with E-state index in [-0.39, 0.29) is 18.4 Å². The number of carbonyl (C=O) groups is 2. The fraction of sp³-hybridized carbons (Fsp3) is 0.591. The van der Waals surface area contributed by atoms with Gasteiger partial charge in [-0.2, -0.15) is 0 Å². The van der Waals surface area contributed by atoms with Gasteiger partial charge in [0.25, 0.3) is 5.91 Å². The molecule has 0 aromatic heterocycles. The Morgan fingerprint density at radius 3 is 2.28 bits per heavy atom. The SMILES string of the molecule is CC1CCCCC1NC(=NCc1ccc(C(=O)N(C)C)cc1)NCC(=O)N(C)C. The third-order valence-corrected chi connectivity index (χ3v) is 5.37. The van der Waals surface area contributed by atoms with Gasteiger partial charge in [0.1, 0.15) is 0 Å². The largest absolute Gasteiger partial charge is 0.353 e. The van der Waals surface area contributed by atoms with Crippen LogP contribution in [0.25, 0.3) is 0 Å². The molecule has 29 heavy (non-hydrogen) atoms. The maximum absolute atomic E-state index is 12.0. The number of hydrogen-bond acceptors (Lipinski definition) is 3. The third kappa shape index (κ3) is 7.07. The maximum Gasteiger partial charge on any atom is 0.253 e. The summed E-state index contributed by atoms with van der Waals surface area (Å²) in [5, 5.41) is 6.69. The maximum atomic E-state index is 12.0. The fourth-order valence-electron chi connectivity index (χ4n) is 3.36. The van der Waals surface area contributed by atoms with Crippen molar-refractivity contribution in [3.63, 3.8) is 0 Å². The van der Waals surface area contributed by atoms with E-state index >= 15 is 0 Å². The molecular formula is C22H35N5O2. The summed E-state index contributed by atoms with van der Waals surface area (Å²) >= 11 is 0. The molecule has 0 saturated heterocycles. The molecule has 7 nitrogen and oxygen atoms in total. The van der Waals surface area contributed by atoms with Crippen molar-refractivity contribution < 1.29 is 9.59 Å². The molecule has 1 aliphatic carbocycles. The lowest BCUT2D eigenvalue weighted by Gasteiger charge is -2.31. The second-order valence-corrected chi connectivity index (χ2v) is 8.22. The van der Waals surface area contributed by atoms with Gasteiger partial charge in [0.15, 0.2) is 5.96 Å². The monoisotopic (exact) mass is 401 g/mol. The van der Waals surface area contributed by atoms with E-state index in [1.165, 1.54) is 19.3 Å². The number of nitrogens with one attached hydrogen (secondary N) is 2. The van der Waals surface area contributed by atoms with Crippen molar-refractivity contribution in [2.75, 3.05) is 34.7 Å².